The van der Waals surface area contributed by atoms with Crippen molar-refractivity contribution in [2.75, 3.05) is 13.2 Å². The first-order chi connectivity index (χ1) is 13.6. The van der Waals surface area contributed by atoms with Gasteiger partial charge in [0.05, 0.1) is 5.56 Å². The molecule has 29 heavy (non-hydrogen) atoms. The van der Waals surface area contributed by atoms with Crippen LogP contribution in [-0.4, -0.2) is 46.9 Å². The molecule has 1 aliphatic rings. The van der Waals surface area contributed by atoms with Crippen LogP contribution in [0.1, 0.15) is 47.1 Å². The molecule has 2 heterocycles. The monoisotopic (exact) mass is 401 g/mol. The minimum atomic E-state index is -0.646. The van der Waals surface area contributed by atoms with Crippen molar-refractivity contribution in [1.82, 2.24) is 4.90 Å². The lowest BCUT2D eigenvalue weighted by Gasteiger charge is -2.32. The molecule has 2 aromatic rings. The van der Waals surface area contributed by atoms with E-state index in [0.29, 0.717) is 41.3 Å². The fourth-order valence-corrected chi connectivity index (χ4v) is 3.64. The molecule has 1 atom stereocenters. The van der Waals surface area contributed by atoms with Gasteiger partial charge >= 0.3 is 5.63 Å². The summed E-state index contributed by atoms with van der Waals surface area (Å²) in [7, 11) is 0. The molecule has 6 heteroatoms. The van der Waals surface area contributed by atoms with Crippen molar-refractivity contribution in [2.24, 2.45) is 0 Å². The van der Waals surface area contributed by atoms with Gasteiger partial charge in [-0.15, -0.1) is 0 Å². The maximum Gasteiger partial charge on any atom is 0.336 e. The number of aliphatic hydroxyl groups is 1. The van der Waals surface area contributed by atoms with E-state index in [0.717, 1.165) is 5.39 Å². The lowest BCUT2D eigenvalue weighted by atomic mass is 10.00. The molecule has 0 radical (unpaired) electrons. The molecule has 0 spiro atoms. The summed E-state index contributed by atoms with van der Waals surface area (Å²) in [4.78, 5) is 13.9. The van der Waals surface area contributed by atoms with Crippen molar-refractivity contribution < 1.29 is 19.0 Å². The van der Waals surface area contributed by atoms with Gasteiger partial charge in [-0.1, -0.05) is 0 Å². The second-order valence-electron chi connectivity index (χ2n) is 8.68. The van der Waals surface area contributed by atoms with Gasteiger partial charge in [0.2, 0.25) is 0 Å². The van der Waals surface area contributed by atoms with E-state index in [2.05, 4.69) is 32.6 Å². The van der Waals surface area contributed by atoms with Gasteiger partial charge in [-0.3, -0.25) is 4.90 Å². The molecule has 0 saturated carbocycles. The van der Waals surface area contributed by atoms with E-state index in [4.69, 9.17) is 13.9 Å². The highest BCUT2D eigenvalue weighted by Gasteiger charge is 2.28. The zero-order valence-electron chi connectivity index (χ0n) is 18.1. The molecule has 0 amide bonds. The van der Waals surface area contributed by atoms with Crippen LogP contribution in [0.5, 0.6) is 11.5 Å². The third-order valence-electron chi connectivity index (χ3n) is 5.06. The Morgan fingerprint density at radius 2 is 1.86 bits per heavy atom. The Labute approximate surface area is 171 Å². The molecule has 158 valence electrons. The maximum absolute atomic E-state index is 11.7. The van der Waals surface area contributed by atoms with Crippen LogP contribution in [-0.2, 0) is 0 Å². The quantitative estimate of drug-likeness (QED) is 0.711. The van der Waals surface area contributed by atoms with Crippen LogP contribution in [0.2, 0.25) is 0 Å². The van der Waals surface area contributed by atoms with E-state index in [1.54, 1.807) is 12.1 Å². The summed E-state index contributed by atoms with van der Waals surface area (Å²) in [6, 6.07) is 5.54. The highest BCUT2D eigenvalue weighted by Crippen LogP contribution is 2.43. The van der Waals surface area contributed by atoms with E-state index < -0.39 is 17.3 Å². The Hall–Kier alpha value is -2.31. The minimum Gasteiger partial charge on any atom is -0.487 e. The van der Waals surface area contributed by atoms with Crippen LogP contribution in [0.15, 0.2) is 33.5 Å². The fourth-order valence-electron chi connectivity index (χ4n) is 3.64. The van der Waals surface area contributed by atoms with E-state index >= 15 is 0 Å². The van der Waals surface area contributed by atoms with Crippen molar-refractivity contribution >= 4 is 17.0 Å². The van der Waals surface area contributed by atoms with Crippen molar-refractivity contribution in [1.29, 1.82) is 0 Å². The average Bonchev–Trinajstić information content (AvgIpc) is 2.63. The van der Waals surface area contributed by atoms with Gasteiger partial charge in [0.1, 0.15) is 23.9 Å². The Bertz CT molecular complexity index is 950. The van der Waals surface area contributed by atoms with Crippen LogP contribution < -0.4 is 15.1 Å². The van der Waals surface area contributed by atoms with Gasteiger partial charge in [-0.25, -0.2) is 4.79 Å². The molecule has 1 unspecified atom stereocenters. The molecular formula is C23H31NO5. The molecule has 1 aromatic heterocycles. The Kier molecular flexibility index (Phi) is 6.05. The molecule has 3 rings (SSSR count). The Balaban J connectivity index is 1.89. The highest BCUT2D eigenvalue weighted by atomic mass is 16.5. The van der Waals surface area contributed by atoms with Crippen molar-refractivity contribution in [3.8, 4) is 11.5 Å². The topological polar surface area (TPSA) is 72.1 Å². The zero-order valence-corrected chi connectivity index (χ0v) is 18.1. The molecular weight excluding hydrogens is 370 g/mol. The zero-order chi connectivity index (χ0) is 21.3. The second-order valence-corrected chi connectivity index (χ2v) is 8.68. The van der Waals surface area contributed by atoms with Crippen LogP contribution >= 0.6 is 0 Å². The molecule has 1 N–H and O–H groups in total. The third kappa shape index (κ3) is 4.82. The summed E-state index contributed by atoms with van der Waals surface area (Å²) < 4.78 is 17.5. The molecule has 0 fully saturated rings. The van der Waals surface area contributed by atoms with E-state index in [1.165, 1.54) is 6.07 Å². The highest BCUT2D eigenvalue weighted by molar-refractivity contribution is 5.91. The predicted octanol–water partition coefficient (Wildman–Crippen LogP) is 3.84. The number of fused-ring (bicyclic) bond motifs is 3. The van der Waals surface area contributed by atoms with Crippen molar-refractivity contribution in [3.05, 3.63) is 40.3 Å². The number of benzene rings is 1. The number of aliphatic hydroxyl groups excluding tert-OH is 1. The number of nitrogens with zero attached hydrogens (tertiary/aromatic N) is 1. The fraction of sp³-hybridized carbons (Fsp3) is 0.522. The molecule has 6 nitrogen and oxygen atoms in total. The van der Waals surface area contributed by atoms with Gasteiger partial charge in [0.15, 0.2) is 11.5 Å². The summed E-state index contributed by atoms with van der Waals surface area (Å²) >= 11 is 0. The van der Waals surface area contributed by atoms with E-state index in [1.807, 2.05) is 26.0 Å². The Morgan fingerprint density at radius 3 is 2.52 bits per heavy atom. The number of hydrogen-bond donors (Lipinski definition) is 1. The molecule has 1 aliphatic heterocycles. The number of rotatable bonds is 7. The molecule has 0 saturated heterocycles. The number of hydrogen-bond acceptors (Lipinski definition) is 6. The number of ether oxygens (including phenoxy) is 2. The van der Waals surface area contributed by atoms with Crippen LogP contribution in [0.3, 0.4) is 0 Å². The van der Waals surface area contributed by atoms with Gasteiger partial charge in [0, 0.05) is 30.1 Å². The van der Waals surface area contributed by atoms with E-state index in [9.17, 15) is 9.90 Å². The summed E-state index contributed by atoms with van der Waals surface area (Å²) in [5.74, 6) is 1.05. The van der Waals surface area contributed by atoms with E-state index in [-0.39, 0.29) is 6.61 Å². The largest absolute Gasteiger partial charge is 0.487 e. The first kappa shape index (κ1) is 21.4. The summed E-state index contributed by atoms with van der Waals surface area (Å²) in [6.07, 6.45) is 3.17. The van der Waals surface area contributed by atoms with Gasteiger partial charge < -0.3 is 19.0 Å². The molecule has 1 aromatic carbocycles. The molecule has 0 bridgehead atoms. The Morgan fingerprint density at radius 1 is 1.17 bits per heavy atom. The van der Waals surface area contributed by atoms with Gasteiger partial charge in [-0.2, -0.15) is 0 Å². The second kappa shape index (κ2) is 8.20. The van der Waals surface area contributed by atoms with Crippen molar-refractivity contribution in [2.45, 2.75) is 65.3 Å². The normalized spacial score (nSPS) is 16.3. The van der Waals surface area contributed by atoms with Crippen LogP contribution in [0.25, 0.3) is 17.0 Å². The average molecular weight is 402 g/mol. The van der Waals surface area contributed by atoms with Gasteiger partial charge in [0.25, 0.3) is 0 Å². The molecule has 0 aliphatic carbocycles. The lowest BCUT2D eigenvalue weighted by molar-refractivity contribution is 0.0426. The lowest BCUT2D eigenvalue weighted by Crippen LogP contribution is -2.43. The first-order valence-corrected chi connectivity index (χ1v) is 10.1. The van der Waals surface area contributed by atoms with Gasteiger partial charge in [-0.05, 0) is 65.8 Å². The predicted molar refractivity (Wildman–Crippen MR) is 115 cm³/mol. The van der Waals surface area contributed by atoms with Crippen molar-refractivity contribution in [3.63, 3.8) is 0 Å². The smallest absolute Gasteiger partial charge is 0.336 e. The summed E-state index contributed by atoms with van der Waals surface area (Å²) in [6.45, 7) is 13.0. The SMILES string of the molecule is CC(C)N(CC(O)COc1cc2ccc(=O)oc2c2c1OC(C)(C)C=C2)C(C)C. The first-order valence-electron chi connectivity index (χ1n) is 10.1. The summed E-state index contributed by atoms with van der Waals surface area (Å²) in [5, 5.41) is 11.3. The maximum atomic E-state index is 11.7. The summed E-state index contributed by atoms with van der Waals surface area (Å²) in [5.41, 5.74) is 0.218. The standard InChI is InChI=1S/C23H31NO5/c1-14(2)24(15(3)4)12-17(25)13-27-19-11-16-7-8-20(26)28-21(16)18-9-10-23(5,6)29-22(18)19/h7-11,14-15,17,25H,12-13H2,1-6H3. The third-order valence-corrected chi connectivity index (χ3v) is 5.06. The minimum absolute atomic E-state index is 0.137. The van der Waals surface area contributed by atoms with Crippen LogP contribution in [0, 0.1) is 0 Å². The van der Waals surface area contributed by atoms with Crippen LogP contribution in [0.4, 0.5) is 0 Å².